The number of phenols is 1. The molecule has 188 valence electrons. The molecule has 6 rings (SSSR count). The van der Waals surface area contributed by atoms with E-state index in [-0.39, 0.29) is 28.3 Å². The van der Waals surface area contributed by atoms with Crippen LogP contribution in [0.2, 0.25) is 5.02 Å². The van der Waals surface area contributed by atoms with Gasteiger partial charge in [-0.05, 0) is 55.0 Å². The summed E-state index contributed by atoms with van der Waals surface area (Å²) in [6, 6.07) is 16.4. The summed E-state index contributed by atoms with van der Waals surface area (Å²) in [5, 5.41) is 16.0. The maximum absolute atomic E-state index is 14.3. The van der Waals surface area contributed by atoms with Gasteiger partial charge in [0.05, 0.1) is 21.4 Å². The molecule has 0 saturated carbocycles. The Morgan fingerprint density at radius 1 is 1.08 bits per heavy atom. The maximum Gasteiger partial charge on any atom is 0.200 e. The van der Waals surface area contributed by atoms with Crippen LogP contribution in [0.3, 0.4) is 0 Å². The van der Waals surface area contributed by atoms with Crippen LogP contribution in [0.25, 0.3) is 44.4 Å². The summed E-state index contributed by atoms with van der Waals surface area (Å²) in [5.74, 6) is -0.0772. The molecule has 0 fully saturated rings. The fourth-order valence-corrected chi connectivity index (χ4v) is 4.84. The SMILES string of the molecule is CC(c1oc2ccccc2c(=O)c1-c1cccc(F)c1)n1nc(-c2cc(O)ccc2Cl)c2c(N)ncnc21. The zero-order valence-electron chi connectivity index (χ0n) is 19.9. The van der Waals surface area contributed by atoms with Crippen LogP contribution in [0.4, 0.5) is 10.2 Å². The number of nitrogen functional groups attached to an aromatic ring is 1. The second-order valence-electron chi connectivity index (χ2n) is 8.77. The van der Waals surface area contributed by atoms with Crippen molar-refractivity contribution in [1.82, 2.24) is 19.7 Å². The van der Waals surface area contributed by atoms with E-state index in [2.05, 4.69) is 9.97 Å². The van der Waals surface area contributed by atoms with Crippen molar-refractivity contribution in [1.29, 1.82) is 0 Å². The van der Waals surface area contributed by atoms with Crippen molar-refractivity contribution in [3.8, 4) is 28.1 Å². The van der Waals surface area contributed by atoms with Crippen molar-refractivity contribution >= 4 is 39.4 Å². The van der Waals surface area contributed by atoms with E-state index in [1.54, 1.807) is 48.0 Å². The number of anilines is 1. The average molecular weight is 528 g/mol. The first kappa shape index (κ1) is 23.6. The van der Waals surface area contributed by atoms with E-state index in [0.717, 1.165) is 0 Å². The fourth-order valence-electron chi connectivity index (χ4n) is 4.63. The lowest BCUT2D eigenvalue weighted by Gasteiger charge is -2.17. The minimum absolute atomic E-state index is 0.00974. The van der Waals surface area contributed by atoms with Crippen LogP contribution in [0.5, 0.6) is 5.75 Å². The van der Waals surface area contributed by atoms with Gasteiger partial charge in [0.1, 0.15) is 46.8 Å². The highest BCUT2D eigenvalue weighted by molar-refractivity contribution is 6.33. The first-order chi connectivity index (χ1) is 18.3. The van der Waals surface area contributed by atoms with E-state index in [1.165, 1.54) is 36.7 Å². The van der Waals surface area contributed by atoms with Gasteiger partial charge in [0.15, 0.2) is 5.65 Å². The molecule has 1 unspecified atom stereocenters. The van der Waals surface area contributed by atoms with Crippen LogP contribution in [0.15, 0.2) is 82.3 Å². The number of nitrogens with two attached hydrogens (primary N) is 1. The predicted octanol–water partition coefficient (Wildman–Crippen LogP) is 5.96. The number of fused-ring (bicyclic) bond motifs is 2. The van der Waals surface area contributed by atoms with Crippen LogP contribution in [-0.2, 0) is 0 Å². The van der Waals surface area contributed by atoms with Gasteiger partial charge < -0.3 is 15.3 Å². The number of halogens is 2. The summed E-state index contributed by atoms with van der Waals surface area (Å²) < 4.78 is 22.1. The Hall–Kier alpha value is -4.76. The topological polar surface area (TPSA) is 120 Å². The Balaban J connectivity index is 1.66. The van der Waals surface area contributed by atoms with Crippen molar-refractivity contribution in [2.75, 3.05) is 5.73 Å². The molecule has 3 aromatic heterocycles. The molecule has 3 heterocycles. The minimum Gasteiger partial charge on any atom is -0.508 e. The molecular formula is C28H19ClFN5O3. The van der Waals surface area contributed by atoms with Crippen LogP contribution >= 0.6 is 11.6 Å². The highest BCUT2D eigenvalue weighted by atomic mass is 35.5. The molecule has 6 aromatic rings. The molecule has 10 heteroatoms. The van der Waals surface area contributed by atoms with E-state index in [1.807, 2.05) is 0 Å². The smallest absolute Gasteiger partial charge is 0.200 e. The Morgan fingerprint density at radius 3 is 2.71 bits per heavy atom. The van der Waals surface area contributed by atoms with Gasteiger partial charge in [-0.2, -0.15) is 5.10 Å². The molecule has 0 aliphatic rings. The molecule has 0 bridgehead atoms. The van der Waals surface area contributed by atoms with Gasteiger partial charge >= 0.3 is 0 Å². The lowest BCUT2D eigenvalue weighted by Crippen LogP contribution is -2.16. The predicted molar refractivity (Wildman–Crippen MR) is 144 cm³/mol. The number of aromatic hydroxyl groups is 1. The number of para-hydroxylation sites is 1. The first-order valence-electron chi connectivity index (χ1n) is 11.6. The second kappa shape index (κ2) is 8.97. The Kier molecular flexibility index (Phi) is 5.57. The third kappa shape index (κ3) is 3.75. The fraction of sp³-hybridized carbons (Fsp3) is 0.0714. The maximum atomic E-state index is 14.3. The number of nitrogens with zero attached hydrogens (tertiary/aromatic N) is 4. The molecule has 3 N–H and O–H groups in total. The summed E-state index contributed by atoms with van der Waals surface area (Å²) >= 11 is 6.46. The van der Waals surface area contributed by atoms with Crippen LogP contribution < -0.4 is 11.2 Å². The van der Waals surface area contributed by atoms with Gasteiger partial charge in [-0.1, -0.05) is 35.9 Å². The van der Waals surface area contributed by atoms with E-state index in [9.17, 15) is 14.3 Å². The Bertz CT molecular complexity index is 1930. The Morgan fingerprint density at radius 2 is 1.89 bits per heavy atom. The van der Waals surface area contributed by atoms with E-state index in [0.29, 0.717) is 43.8 Å². The highest BCUT2D eigenvalue weighted by Gasteiger charge is 2.27. The third-order valence-electron chi connectivity index (χ3n) is 6.41. The first-order valence-corrected chi connectivity index (χ1v) is 12.0. The molecule has 1 atom stereocenters. The van der Waals surface area contributed by atoms with Gasteiger partial charge in [-0.25, -0.2) is 19.0 Å². The van der Waals surface area contributed by atoms with Crippen molar-refractivity contribution in [2.24, 2.45) is 0 Å². The van der Waals surface area contributed by atoms with Gasteiger partial charge in [0.2, 0.25) is 5.43 Å². The van der Waals surface area contributed by atoms with Crippen LogP contribution in [-0.4, -0.2) is 24.9 Å². The summed E-state index contributed by atoms with van der Waals surface area (Å²) in [4.78, 5) is 22.2. The number of phenolic OH excluding ortho intramolecular Hbond substituents is 1. The summed E-state index contributed by atoms with van der Waals surface area (Å²) in [6.45, 7) is 1.79. The lowest BCUT2D eigenvalue weighted by molar-refractivity contribution is 0.445. The zero-order chi connectivity index (χ0) is 26.6. The minimum atomic E-state index is -0.702. The van der Waals surface area contributed by atoms with Gasteiger partial charge in [-0.3, -0.25) is 4.79 Å². The Labute approximate surface area is 219 Å². The molecule has 0 aliphatic carbocycles. The molecule has 0 spiro atoms. The van der Waals surface area contributed by atoms with Crippen LogP contribution in [0, 0.1) is 5.82 Å². The second-order valence-corrected chi connectivity index (χ2v) is 9.17. The van der Waals surface area contributed by atoms with Gasteiger partial charge in [0, 0.05) is 5.56 Å². The van der Waals surface area contributed by atoms with E-state index < -0.39 is 11.9 Å². The summed E-state index contributed by atoms with van der Waals surface area (Å²) in [6.07, 6.45) is 1.31. The molecule has 38 heavy (non-hydrogen) atoms. The normalized spacial score (nSPS) is 12.3. The third-order valence-corrected chi connectivity index (χ3v) is 6.74. The zero-order valence-corrected chi connectivity index (χ0v) is 20.6. The summed E-state index contributed by atoms with van der Waals surface area (Å²) in [7, 11) is 0. The molecule has 8 nitrogen and oxygen atoms in total. The lowest BCUT2D eigenvalue weighted by atomic mass is 9.99. The van der Waals surface area contributed by atoms with Crippen molar-refractivity contribution in [3.63, 3.8) is 0 Å². The summed E-state index contributed by atoms with van der Waals surface area (Å²) in [5.41, 5.74) is 8.03. The largest absolute Gasteiger partial charge is 0.508 e. The van der Waals surface area contributed by atoms with Crippen LogP contribution in [0.1, 0.15) is 18.7 Å². The molecule has 0 amide bonds. The molecular weight excluding hydrogens is 509 g/mol. The number of hydrogen-bond donors (Lipinski definition) is 2. The van der Waals surface area contributed by atoms with Gasteiger partial charge in [0.25, 0.3) is 0 Å². The molecule has 0 aliphatic heterocycles. The van der Waals surface area contributed by atoms with Gasteiger partial charge in [-0.15, -0.1) is 0 Å². The molecule has 0 saturated heterocycles. The molecule has 0 radical (unpaired) electrons. The van der Waals surface area contributed by atoms with Crippen molar-refractivity contribution < 1.29 is 13.9 Å². The van der Waals surface area contributed by atoms with E-state index >= 15 is 0 Å². The monoisotopic (exact) mass is 527 g/mol. The number of rotatable bonds is 4. The number of benzene rings is 3. The number of aromatic nitrogens is 4. The highest BCUT2D eigenvalue weighted by Crippen LogP contribution is 2.39. The van der Waals surface area contributed by atoms with Crippen molar-refractivity contribution in [3.05, 3.63) is 99.9 Å². The van der Waals surface area contributed by atoms with Crippen molar-refractivity contribution in [2.45, 2.75) is 13.0 Å². The standard InChI is InChI=1S/C28H19ClFN5O3/c1-14(26-22(15-5-4-6-16(30)11-15)25(37)18-7-2-3-8-21(18)38-26)35-28-23(27(31)32-13-33-28)24(34-35)19-12-17(36)9-10-20(19)29/h2-14,36H,1H3,(H2,31,32,33). The average Bonchev–Trinajstić information content (AvgIpc) is 3.30. The molecule has 3 aromatic carbocycles. The quantitative estimate of drug-likeness (QED) is 0.290. The number of hydrogen-bond acceptors (Lipinski definition) is 7. The van der Waals surface area contributed by atoms with E-state index in [4.69, 9.17) is 26.9 Å².